The number of aryl methyl sites for hydroxylation is 2. The number of hydrazine groups is 1. The molecule has 4 nitrogen and oxygen atoms in total. The molecule has 2 aromatic rings. The number of nitrogens with two attached hydrogens (primary N) is 1. The zero-order valence-corrected chi connectivity index (χ0v) is 13.8. The lowest BCUT2D eigenvalue weighted by Gasteiger charge is -2.13. The zero-order chi connectivity index (χ0) is 13.1. The molecule has 0 aliphatic carbocycles. The molecule has 1 atom stereocenters. The zero-order valence-electron chi connectivity index (χ0n) is 9.86. The van der Waals surface area contributed by atoms with E-state index in [1.807, 2.05) is 24.1 Å². The van der Waals surface area contributed by atoms with Gasteiger partial charge in [0.25, 0.3) is 0 Å². The number of hydrogen-bond acceptors (Lipinski definition) is 4. The first-order valence-electron chi connectivity index (χ1n) is 5.48. The second-order valence-electron chi connectivity index (χ2n) is 4.05. The summed E-state index contributed by atoms with van der Waals surface area (Å²) in [7, 11) is 1.93. The van der Waals surface area contributed by atoms with Gasteiger partial charge in [0.2, 0.25) is 0 Å². The number of thiophene rings is 1. The van der Waals surface area contributed by atoms with Crippen molar-refractivity contribution >= 4 is 43.2 Å². The van der Waals surface area contributed by atoms with Crippen molar-refractivity contribution in [3.8, 4) is 0 Å². The number of nitrogens with one attached hydrogen (secondary N) is 1. The van der Waals surface area contributed by atoms with E-state index in [0.717, 1.165) is 21.1 Å². The molecule has 1 unspecified atom stereocenters. The van der Waals surface area contributed by atoms with E-state index in [0.29, 0.717) is 0 Å². The summed E-state index contributed by atoms with van der Waals surface area (Å²) in [5, 5.41) is 4.16. The van der Waals surface area contributed by atoms with Gasteiger partial charge in [-0.05, 0) is 56.3 Å². The lowest BCUT2D eigenvalue weighted by Crippen LogP contribution is -2.27. The van der Waals surface area contributed by atoms with Gasteiger partial charge in [0.15, 0.2) is 0 Å². The van der Waals surface area contributed by atoms with Crippen LogP contribution in [-0.4, -0.2) is 9.78 Å². The number of hydrogen-bond donors (Lipinski definition) is 2. The molecule has 2 rings (SSSR count). The SMILES string of the molecule is Cn1cc(CCC(NN)c2cc(Br)c(Br)s2)cn1. The summed E-state index contributed by atoms with van der Waals surface area (Å²) in [6.07, 6.45) is 5.83. The lowest BCUT2D eigenvalue weighted by molar-refractivity contribution is 0.524. The van der Waals surface area contributed by atoms with Gasteiger partial charge in [-0.1, -0.05) is 0 Å². The van der Waals surface area contributed by atoms with Crippen LogP contribution in [0.15, 0.2) is 26.7 Å². The number of halogens is 2. The maximum atomic E-state index is 5.64. The van der Waals surface area contributed by atoms with Gasteiger partial charge in [0.1, 0.15) is 0 Å². The predicted octanol–water partition coefficient (Wildman–Crippen LogP) is 3.14. The van der Waals surface area contributed by atoms with Crippen molar-refractivity contribution in [1.82, 2.24) is 15.2 Å². The number of rotatable bonds is 5. The van der Waals surface area contributed by atoms with Gasteiger partial charge in [0.05, 0.1) is 16.0 Å². The maximum absolute atomic E-state index is 5.64. The molecular formula is C11H14Br2N4S. The average molecular weight is 394 g/mol. The lowest BCUT2D eigenvalue weighted by atomic mass is 10.1. The van der Waals surface area contributed by atoms with Crippen molar-refractivity contribution in [2.24, 2.45) is 12.9 Å². The predicted molar refractivity (Wildman–Crippen MR) is 81.3 cm³/mol. The summed E-state index contributed by atoms with van der Waals surface area (Å²) in [5.41, 5.74) is 4.11. The standard InChI is InChI=1S/C11H14Br2N4S/c1-17-6-7(5-15-17)2-3-9(16-14)10-4-8(12)11(13)18-10/h4-6,9,16H,2-3,14H2,1H3. The van der Waals surface area contributed by atoms with Crippen LogP contribution in [0.4, 0.5) is 0 Å². The third-order valence-corrected chi connectivity index (χ3v) is 6.06. The van der Waals surface area contributed by atoms with Crippen molar-refractivity contribution in [3.63, 3.8) is 0 Å². The molecule has 2 aromatic heterocycles. The number of aromatic nitrogens is 2. The molecule has 0 amide bonds. The van der Waals surface area contributed by atoms with E-state index < -0.39 is 0 Å². The summed E-state index contributed by atoms with van der Waals surface area (Å²) in [5.74, 6) is 5.64. The van der Waals surface area contributed by atoms with Crippen LogP contribution in [-0.2, 0) is 13.5 Å². The van der Waals surface area contributed by atoms with Gasteiger partial charge in [-0.25, -0.2) is 0 Å². The second kappa shape index (κ2) is 6.29. The van der Waals surface area contributed by atoms with Crippen LogP contribution in [0.1, 0.15) is 22.9 Å². The highest BCUT2D eigenvalue weighted by Crippen LogP contribution is 2.36. The van der Waals surface area contributed by atoms with E-state index in [1.54, 1.807) is 11.3 Å². The first kappa shape index (κ1) is 14.2. The Bertz CT molecular complexity index is 503. The highest BCUT2D eigenvalue weighted by Gasteiger charge is 2.14. The minimum absolute atomic E-state index is 0.165. The highest BCUT2D eigenvalue weighted by atomic mass is 79.9. The van der Waals surface area contributed by atoms with Gasteiger partial charge < -0.3 is 0 Å². The highest BCUT2D eigenvalue weighted by molar-refractivity contribution is 9.13. The molecular weight excluding hydrogens is 380 g/mol. The first-order chi connectivity index (χ1) is 8.60. The average Bonchev–Trinajstić information content (AvgIpc) is 2.88. The molecule has 0 aromatic carbocycles. The Morgan fingerprint density at radius 2 is 2.33 bits per heavy atom. The molecule has 0 fully saturated rings. The van der Waals surface area contributed by atoms with Gasteiger partial charge in [-0.3, -0.25) is 16.0 Å². The monoisotopic (exact) mass is 392 g/mol. The van der Waals surface area contributed by atoms with Crippen LogP contribution in [0.25, 0.3) is 0 Å². The van der Waals surface area contributed by atoms with Gasteiger partial charge in [-0.2, -0.15) is 5.10 Å². The van der Waals surface area contributed by atoms with Gasteiger partial charge in [0, 0.05) is 22.6 Å². The summed E-state index contributed by atoms with van der Waals surface area (Å²) in [6.45, 7) is 0. The quantitative estimate of drug-likeness (QED) is 0.606. The molecule has 3 N–H and O–H groups in total. The Labute approximate surface area is 127 Å². The number of nitrogens with zero attached hydrogens (tertiary/aromatic N) is 2. The molecule has 0 saturated heterocycles. The van der Waals surface area contributed by atoms with Gasteiger partial charge >= 0.3 is 0 Å². The Kier molecular flexibility index (Phi) is 4.97. The van der Waals surface area contributed by atoms with E-state index in [1.165, 1.54) is 10.4 Å². The molecule has 0 aliphatic heterocycles. The summed E-state index contributed by atoms with van der Waals surface area (Å²) in [6, 6.07) is 2.26. The molecule has 2 heterocycles. The van der Waals surface area contributed by atoms with Gasteiger partial charge in [-0.15, -0.1) is 11.3 Å². The van der Waals surface area contributed by atoms with E-state index in [9.17, 15) is 0 Å². The van der Waals surface area contributed by atoms with E-state index in [-0.39, 0.29) is 6.04 Å². The largest absolute Gasteiger partial charge is 0.276 e. The molecule has 98 valence electrons. The fraction of sp³-hybridized carbons (Fsp3) is 0.364. The second-order valence-corrected chi connectivity index (χ2v) is 7.31. The smallest absolute Gasteiger partial charge is 0.0843 e. The molecule has 18 heavy (non-hydrogen) atoms. The van der Waals surface area contributed by atoms with Crippen LogP contribution in [0.3, 0.4) is 0 Å². The van der Waals surface area contributed by atoms with Crippen LogP contribution in [0.2, 0.25) is 0 Å². The van der Waals surface area contributed by atoms with E-state index in [4.69, 9.17) is 5.84 Å². The minimum Gasteiger partial charge on any atom is -0.276 e. The molecule has 0 spiro atoms. The summed E-state index contributed by atoms with van der Waals surface area (Å²) < 4.78 is 3.99. The van der Waals surface area contributed by atoms with Crippen LogP contribution in [0.5, 0.6) is 0 Å². The van der Waals surface area contributed by atoms with Crippen LogP contribution < -0.4 is 11.3 Å². The Morgan fingerprint density at radius 1 is 1.56 bits per heavy atom. The maximum Gasteiger partial charge on any atom is 0.0843 e. The normalized spacial score (nSPS) is 12.9. The summed E-state index contributed by atoms with van der Waals surface area (Å²) in [4.78, 5) is 1.22. The first-order valence-corrected chi connectivity index (χ1v) is 7.88. The van der Waals surface area contributed by atoms with Crippen LogP contribution >= 0.6 is 43.2 Å². The summed E-state index contributed by atoms with van der Waals surface area (Å²) >= 11 is 8.69. The van der Waals surface area contributed by atoms with E-state index in [2.05, 4.69) is 48.5 Å². The molecule has 0 saturated carbocycles. The van der Waals surface area contributed by atoms with Crippen molar-refractivity contribution in [2.75, 3.05) is 0 Å². The van der Waals surface area contributed by atoms with E-state index >= 15 is 0 Å². The molecule has 7 heteroatoms. The Hall–Kier alpha value is -0.210. The van der Waals surface area contributed by atoms with Crippen molar-refractivity contribution in [2.45, 2.75) is 18.9 Å². The Balaban J connectivity index is 2.01. The third-order valence-electron chi connectivity index (χ3n) is 2.69. The fourth-order valence-electron chi connectivity index (χ4n) is 1.75. The topological polar surface area (TPSA) is 55.9 Å². The third kappa shape index (κ3) is 3.42. The molecule has 0 bridgehead atoms. The minimum atomic E-state index is 0.165. The molecule has 0 radical (unpaired) electrons. The van der Waals surface area contributed by atoms with Crippen molar-refractivity contribution < 1.29 is 0 Å². The fourth-order valence-corrected chi connectivity index (χ4v) is 3.94. The van der Waals surface area contributed by atoms with Crippen molar-refractivity contribution in [1.29, 1.82) is 0 Å². The molecule has 0 aliphatic rings. The van der Waals surface area contributed by atoms with Crippen molar-refractivity contribution in [3.05, 3.63) is 37.2 Å². The Morgan fingerprint density at radius 3 is 2.83 bits per heavy atom. The van der Waals surface area contributed by atoms with Crippen LogP contribution in [0, 0.1) is 0 Å².